The van der Waals surface area contributed by atoms with Gasteiger partial charge in [-0.2, -0.15) is 43.9 Å². The molecule has 0 heterocycles. The molecule has 142 valence electrons. The summed E-state index contributed by atoms with van der Waals surface area (Å²) >= 11 is 0.560. The predicted octanol–water partition coefficient (Wildman–Crippen LogP) is 4.55. The van der Waals surface area contributed by atoms with Gasteiger partial charge in [-0.25, -0.2) is 4.39 Å². The zero-order valence-corrected chi connectivity index (χ0v) is 13.3. The first-order valence-electron chi connectivity index (χ1n) is 5.65. The van der Waals surface area contributed by atoms with Crippen molar-refractivity contribution in [3.8, 4) is 0 Å². The largest absolute Gasteiger partial charge is 0.480 e. The van der Waals surface area contributed by atoms with Gasteiger partial charge in [0, 0.05) is 6.42 Å². The minimum atomic E-state index is -7.30. The van der Waals surface area contributed by atoms with Crippen LogP contribution in [-0.4, -0.2) is 49.8 Å². The van der Waals surface area contributed by atoms with Gasteiger partial charge in [0.1, 0.15) is 3.42 Å². The van der Waals surface area contributed by atoms with Crippen molar-refractivity contribution in [3.63, 3.8) is 0 Å². The summed E-state index contributed by atoms with van der Waals surface area (Å²) < 4.78 is 144. The molecule has 2 nitrogen and oxygen atoms in total. The Kier molecular flexibility index (Phi) is 4.47. The van der Waals surface area contributed by atoms with E-state index in [0.717, 1.165) is 0 Å². The van der Waals surface area contributed by atoms with Gasteiger partial charge in [-0.3, -0.25) is 4.79 Å². The van der Waals surface area contributed by atoms with Crippen LogP contribution in [0.2, 0.25) is 0 Å². The molecular weight excluding hydrogens is 488 g/mol. The number of halogens is 12. The van der Waals surface area contributed by atoms with Crippen LogP contribution in [0.4, 0.5) is 48.3 Å². The second-order valence-corrected chi connectivity index (χ2v) is 7.73. The lowest BCUT2D eigenvalue weighted by Crippen LogP contribution is -2.84. The van der Waals surface area contributed by atoms with Gasteiger partial charge in [0.15, 0.2) is 0 Å². The van der Waals surface area contributed by atoms with Gasteiger partial charge in [-0.05, 0) is 6.92 Å². The lowest BCUT2D eigenvalue weighted by Gasteiger charge is -2.53. The molecule has 1 N–H and O–H groups in total. The Balaban J connectivity index is 3.79. The first-order chi connectivity index (χ1) is 10.2. The van der Waals surface area contributed by atoms with Crippen LogP contribution in [-0.2, 0) is 4.79 Å². The summed E-state index contributed by atoms with van der Waals surface area (Å²) in [5.74, 6) is -38.0. The maximum atomic E-state index is 14.3. The number of aliphatic carboxylic acids is 1. The van der Waals surface area contributed by atoms with Crippen molar-refractivity contribution in [1.82, 2.24) is 0 Å². The van der Waals surface area contributed by atoms with Gasteiger partial charge in [0.2, 0.25) is 0 Å². The average Bonchev–Trinajstić information content (AvgIpc) is 2.35. The van der Waals surface area contributed by atoms with Crippen LogP contribution in [0.1, 0.15) is 13.3 Å². The Morgan fingerprint density at radius 3 is 1.29 bits per heavy atom. The summed E-state index contributed by atoms with van der Waals surface area (Å²) in [5, 5.41) is 8.60. The van der Waals surface area contributed by atoms with Crippen molar-refractivity contribution in [3.05, 3.63) is 0 Å². The molecule has 0 bridgehead atoms. The topological polar surface area (TPSA) is 37.3 Å². The second kappa shape index (κ2) is 4.99. The molecule has 0 saturated heterocycles. The fourth-order valence-electron chi connectivity index (χ4n) is 2.04. The number of hydrogen-bond donors (Lipinski definition) is 1. The average molecular weight is 494 g/mol. The Morgan fingerprint density at radius 1 is 0.792 bits per heavy atom. The number of carboxylic acids is 1. The summed E-state index contributed by atoms with van der Waals surface area (Å²) in [5.41, 5.74) is -6.27. The zero-order chi connectivity index (χ0) is 19.8. The molecule has 1 atom stereocenters. The molecule has 14 heteroatoms. The van der Waals surface area contributed by atoms with E-state index in [1.807, 2.05) is 0 Å². The lowest BCUT2D eigenvalue weighted by atomic mass is 9.69. The van der Waals surface area contributed by atoms with Crippen LogP contribution in [0.15, 0.2) is 0 Å². The summed E-state index contributed by atoms with van der Waals surface area (Å²) in [6.45, 7) is 0.284. The van der Waals surface area contributed by atoms with Gasteiger partial charge in [-0.15, -0.1) is 0 Å². The van der Waals surface area contributed by atoms with E-state index in [0.29, 0.717) is 22.6 Å². The maximum Gasteiger partial charge on any atom is 0.384 e. The van der Waals surface area contributed by atoms with E-state index in [-0.39, 0.29) is 6.92 Å². The molecule has 1 fully saturated rings. The van der Waals surface area contributed by atoms with Gasteiger partial charge in [-0.1, -0.05) is 22.6 Å². The van der Waals surface area contributed by atoms with Crippen molar-refractivity contribution < 1.29 is 58.2 Å². The van der Waals surface area contributed by atoms with Crippen molar-refractivity contribution >= 4 is 28.6 Å². The van der Waals surface area contributed by atoms with E-state index < -0.39 is 51.1 Å². The molecule has 0 aliphatic heterocycles. The Labute approximate surface area is 139 Å². The summed E-state index contributed by atoms with van der Waals surface area (Å²) in [7, 11) is 0. The van der Waals surface area contributed by atoms with Crippen LogP contribution in [0.5, 0.6) is 0 Å². The third-order valence-corrected chi connectivity index (χ3v) is 4.44. The first kappa shape index (κ1) is 21.5. The fourth-order valence-corrected chi connectivity index (χ4v) is 2.57. The highest BCUT2D eigenvalue weighted by Gasteiger charge is 3.01. The van der Waals surface area contributed by atoms with Crippen molar-refractivity contribution in [1.29, 1.82) is 0 Å². The third kappa shape index (κ3) is 2.09. The number of alkyl halides is 12. The fraction of sp³-hybridized carbons (Fsp3) is 0.900. The van der Waals surface area contributed by atoms with E-state index in [9.17, 15) is 53.1 Å². The molecule has 0 aromatic heterocycles. The van der Waals surface area contributed by atoms with Gasteiger partial charge >= 0.3 is 35.6 Å². The normalized spacial score (nSPS) is 31.0. The number of rotatable bonds is 3. The highest BCUT2D eigenvalue weighted by Crippen LogP contribution is 2.70. The molecular formula is C10H6F11IO2. The van der Waals surface area contributed by atoms with E-state index in [1.165, 1.54) is 0 Å². The molecule has 0 aromatic carbocycles. The van der Waals surface area contributed by atoms with E-state index in [1.54, 1.807) is 0 Å². The van der Waals surface area contributed by atoms with Crippen LogP contribution >= 0.6 is 22.6 Å². The molecule has 1 rings (SSSR count). The maximum absolute atomic E-state index is 14.3. The highest BCUT2D eigenvalue weighted by atomic mass is 127. The van der Waals surface area contributed by atoms with E-state index in [4.69, 9.17) is 5.11 Å². The zero-order valence-electron chi connectivity index (χ0n) is 11.1. The van der Waals surface area contributed by atoms with Crippen molar-refractivity contribution in [2.24, 2.45) is 0 Å². The quantitative estimate of drug-likeness (QED) is 0.356. The second-order valence-electron chi connectivity index (χ2n) is 5.35. The highest BCUT2D eigenvalue weighted by molar-refractivity contribution is 14.1. The van der Waals surface area contributed by atoms with E-state index >= 15 is 0 Å². The number of carbonyl (C=O) groups is 1. The molecule has 1 unspecified atom stereocenters. The van der Waals surface area contributed by atoms with Crippen LogP contribution in [0.3, 0.4) is 0 Å². The van der Waals surface area contributed by atoms with Gasteiger partial charge in [0.25, 0.3) is 5.67 Å². The molecule has 0 aromatic rings. The molecule has 0 spiro atoms. The van der Waals surface area contributed by atoms with Crippen molar-refractivity contribution in [2.45, 2.75) is 52.0 Å². The number of hydrogen-bond acceptors (Lipinski definition) is 1. The molecule has 0 amide bonds. The monoisotopic (exact) mass is 494 g/mol. The SMILES string of the molecule is CC(I)(CC1(F)C(F)(F)C(F)(F)C(F)(F)C(F)(F)C1(F)F)C(=O)O. The van der Waals surface area contributed by atoms with Gasteiger partial charge < -0.3 is 5.11 Å². The molecule has 1 saturated carbocycles. The van der Waals surface area contributed by atoms with Crippen LogP contribution in [0.25, 0.3) is 0 Å². The lowest BCUT2D eigenvalue weighted by molar-refractivity contribution is -0.485. The Morgan fingerprint density at radius 2 is 1.04 bits per heavy atom. The van der Waals surface area contributed by atoms with Crippen molar-refractivity contribution in [2.75, 3.05) is 0 Å². The first-order valence-corrected chi connectivity index (χ1v) is 6.73. The third-order valence-electron chi connectivity index (χ3n) is 3.59. The van der Waals surface area contributed by atoms with Gasteiger partial charge in [0.05, 0.1) is 0 Å². The Bertz CT molecular complexity index is 527. The predicted molar refractivity (Wildman–Crippen MR) is 63.3 cm³/mol. The standard InChI is InChI=1S/C10H6F11IO2/c1-4(22,3(23)24)2-5(11)6(12,13)8(16,17)10(20,21)9(18,19)7(5,14)15/h2H2,1H3,(H,23,24). The summed E-state index contributed by atoms with van der Waals surface area (Å²) in [4.78, 5) is 10.7. The molecule has 1 aliphatic carbocycles. The smallest absolute Gasteiger partial charge is 0.384 e. The van der Waals surface area contributed by atoms with E-state index in [2.05, 4.69) is 0 Å². The molecule has 1 aliphatic rings. The van der Waals surface area contributed by atoms with Crippen LogP contribution < -0.4 is 0 Å². The summed E-state index contributed by atoms with van der Waals surface area (Å²) in [6, 6.07) is 0. The summed E-state index contributed by atoms with van der Waals surface area (Å²) in [6.07, 6.45) is -2.79. The van der Waals surface area contributed by atoms with Crippen LogP contribution in [0, 0.1) is 0 Å². The minimum absolute atomic E-state index is 0.284. The number of carboxylic acid groups (broad SMARTS) is 1. The molecule has 24 heavy (non-hydrogen) atoms. The Hall–Kier alpha value is -0.570. The molecule has 0 radical (unpaired) electrons. The minimum Gasteiger partial charge on any atom is -0.480 e.